The maximum atomic E-state index is 15.5. The van der Waals surface area contributed by atoms with E-state index in [9.17, 15) is 9.90 Å². The second-order valence-electron chi connectivity index (χ2n) is 9.39. The fraction of sp³-hybridized carbons (Fsp3) is 0.300. The topological polar surface area (TPSA) is 49.8 Å². The van der Waals surface area contributed by atoms with Crippen LogP contribution in [0.4, 0.5) is 10.1 Å². The maximum Gasteiger partial charge on any atom is 0.330 e. The average Bonchev–Trinajstić information content (AvgIpc) is 2.83. The van der Waals surface area contributed by atoms with Crippen molar-refractivity contribution in [2.24, 2.45) is 0 Å². The second kappa shape index (κ2) is 9.95. The third-order valence-corrected chi connectivity index (χ3v) is 6.86. The molecule has 3 aromatic rings. The summed E-state index contributed by atoms with van der Waals surface area (Å²) >= 11 is 0. The first-order valence-corrected chi connectivity index (χ1v) is 12.1. The fourth-order valence-electron chi connectivity index (χ4n) is 4.91. The van der Waals surface area contributed by atoms with Gasteiger partial charge in [0, 0.05) is 12.6 Å². The number of rotatable bonds is 6. The van der Waals surface area contributed by atoms with Crippen molar-refractivity contribution >= 4 is 17.7 Å². The van der Waals surface area contributed by atoms with E-state index in [4.69, 9.17) is 4.74 Å². The van der Waals surface area contributed by atoms with Crippen LogP contribution in [0, 0.1) is 5.82 Å². The lowest BCUT2D eigenvalue weighted by Gasteiger charge is -2.48. The number of benzene rings is 3. The van der Waals surface area contributed by atoms with Gasteiger partial charge in [-0.15, -0.1) is 0 Å². The van der Waals surface area contributed by atoms with Crippen LogP contribution in [-0.2, 0) is 21.5 Å². The number of hydrogen-bond donors (Lipinski definition) is 1. The number of carbonyl (C=O) groups excluding carboxylic acids is 1. The lowest BCUT2D eigenvalue weighted by Crippen LogP contribution is -2.50. The zero-order valence-corrected chi connectivity index (χ0v) is 20.7. The van der Waals surface area contributed by atoms with Gasteiger partial charge in [0.05, 0.1) is 17.8 Å². The predicted molar refractivity (Wildman–Crippen MR) is 138 cm³/mol. The van der Waals surface area contributed by atoms with Crippen molar-refractivity contribution in [2.45, 2.75) is 45.6 Å². The number of halogens is 1. The van der Waals surface area contributed by atoms with Crippen LogP contribution < -0.4 is 4.90 Å². The summed E-state index contributed by atoms with van der Waals surface area (Å²) in [5.74, 6) is -0.147. The molecular formula is C30H32FNO3. The van der Waals surface area contributed by atoms with Gasteiger partial charge >= 0.3 is 5.97 Å². The van der Waals surface area contributed by atoms with Crippen LogP contribution in [0.1, 0.15) is 61.4 Å². The minimum Gasteiger partial charge on any atom is -0.508 e. The third kappa shape index (κ3) is 4.81. The zero-order valence-electron chi connectivity index (χ0n) is 20.7. The minimum atomic E-state index is -0.662. The van der Waals surface area contributed by atoms with E-state index in [2.05, 4.69) is 25.7 Å². The number of aromatic hydroxyl groups is 1. The van der Waals surface area contributed by atoms with Gasteiger partial charge in [0.1, 0.15) is 11.6 Å². The molecule has 3 aromatic carbocycles. The fourth-order valence-corrected chi connectivity index (χ4v) is 4.91. The number of ether oxygens (including phenoxy) is 1. The summed E-state index contributed by atoms with van der Waals surface area (Å²) < 4.78 is 20.4. The van der Waals surface area contributed by atoms with E-state index in [0.29, 0.717) is 25.3 Å². The van der Waals surface area contributed by atoms with Crippen LogP contribution in [0.5, 0.6) is 5.75 Å². The molecule has 182 valence electrons. The van der Waals surface area contributed by atoms with E-state index in [1.807, 2.05) is 42.5 Å². The number of anilines is 1. The molecule has 1 aliphatic heterocycles. The largest absolute Gasteiger partial charge is 0.508 e. The normalized spacial score (nSPS) is 17.6. The summed E-state index contributed by atoms with van der Waals surface area (Å²) in [6, 6.07) is 18.9. The van der Waals surface area contributed by atoms with Crippen LogP contribution in [0.2, 0.25) is 0 Å². The van der Waals surface area contributed by atoms with Gasteiger partial charge in [-0.2, -0.15) is 0 Å². The van der Waals surface area contributed by atoms with Crippen LogP contribution in [0.15, 0.2) is 66.7 Å². The van der Waals surface area contributed by atoms with E-state index < -0.39 is 5.54 Å². The minimum absolute atomic E-state index is 0.228. The Hall–Kier alpha value is -3.60. The molecule has 1 aliphatic rings. The maximum absolute atomic E-state index is 15.5. The van der Waals surface area contributed by atoms with Gasteiger partial charge in [-0.25, -0.2) is 9.18 Å². The van der Waals surface area contributed by atoms with E-state index in [1.165, 1.54) is 6.08 Å². The number of fused-ring (bicyclic) bond motifs is 1. The quantitative estimate of drug-likeness (QED) is 0.325. The van der Waals surface area contributed by atoms with Gasteiger partial charge in [-0.1, -0.05) is 50.2 Å². The van der Waals surface area contributed by atoms with E-state index >= 15 is 4.39 Å². The number of nitrogens with zero attached hydrogens (tertiary/aromatic N) is 1. The molecule has 0 saturated heterocycles. The van der Waals surface area contributed by atoms with E-state index in [0.717, 1.165) is 27.8 Å². The van der Waals surface area contributed by atoms with Crippen LogP contribution >= 0.6 is 0 Å². The molecule has 4 nitrogen and oxygen atoms in total. The molecule has 0 bridgehead atoms. The molecule has 1 heterocycles. The van der Waals surface area contributed by atoms with Crippen molar-refractivity contribution in [3.63, 3.8) is 0 Å². The molecule has 5 heteroatoms. The summed E-state index contributed by atoms with van der Waals surface area (Å²) in [6.45, 7) is 8.92. The summed E-state index contributed by atoms with van der Waals surface area (Å²) in [5.41, 5.74) is 4.80. The Morgan fingerprint density at radius 3 is 2.54 bits per heavy atom. The highest BCUT2D eigenvalue weighted by molar-refractivity contribution is 5.87. The van der Waals surface area contributed by atoms with Crippen LogP contribution in [0.25, 0.3) is 6.08 Å². The first-order valence-electron chi connectivity index (χ1n) is 12.1. The third-order valence-electron chi connectivity index (χ3n) is 6.86. The summed E-state index contributed by atoms with van der Waals surface area (Å²) in [4.78, 5) is 13.8. The van der Waals surface area contributed by atoms with Crippen molar-refractivity contribution in [1.82, 2.24) is 0 Å². The second-order valence-corrected chi connectivity index (χ2v) is 9.39. The summed E-state index contributed by atoms with van der Waals surface area (Å²) in [6.07, 6.45) is 3.83. The molecule has 0 aliphatic carbocycles. The Morgan fingerprint density at radius 2 is 1.89 bits per heavy atom. The Kier molecular flexibility index (Phi) is 6.97. The van der Waals surface area contributed by atoms with E-state index in [-0.39, 0.29) is 23.5 Å². The van der Waals surface area contributed by atoms with Gasteiger partial charge < -0.3 is 14.7 Å². The molecule has 1 unspecified atom stereocenters. The number of hydrogen-bond acceptors (Lipinski definition) is 4. The Balaban J connectivity index is 1.79. The standard InChI is InChI=1S/C30H32FNO3/c1-5-35-29(34)15-8-21-6-10-24(11-7-21)30(4)26-13-12-25(33)18-23(26)16-17-32(30)28-14-9-22(20(2)3)19-27(28)31/h6-15,18-20,33H,5,16-17H2,1-4H3/b15-8+. The summed E-state index contributed by atoms with van der Waals surface area (Å²) in [7, 11) is 0. The van der Waals surface area contributed by atoms with Crippen molar-refractivity contribution in [3.8, 4) is 5.75 Å². The Bertz CT molecular complexity index is 1250. The van der Waals surface area contributed by atoms with Crippen molar-refractivity contribution < 1.29 is 19.0 Å². The molecule has 0 amide bonds. The van der Waals surface area contributed by atoms with Gasteiger partial charge in [-0.3, -0.25) is 0 Å². The Labute approximate surface area is 206 Å². The molecule has 1 atom stereocenters. The first kappa shape index (κ1) is 24.5. The van der Waals surface area contributed by atoms with Gasteiger partial charge in [0.25, 0.3) is 0 Å². The highest BCUT2D eigenvalue weighted by Crippen LogP contribution is 2.45. The van der Waals surface area contributed by atoms with Crippen molar-refractivity contribution in [1.29, 1.82) is 0 Å². The average molecular weight is 474 g/mol. The summed E-state index contributed by atoms with van der Waals surface area (Å²) in [5, 5.41) is 10.1. The highest BCUT2D eigenvalue weighted by Gasteiger charge is 2.41. The monoisotopic (exact) mass is 473 g/mol. The van der Waals surface area contributed by atoms with E-state index in [1.54, 1.807) is 31.2 Å². The van der Waals surface area contributed by atoms with Crippen LogP contribution in [0.3, 0.4) is 0 Å². The number of carbonyl (C=O) groups is 1. The number of phenols is 1. The van der Waals surface area contributed by atoms with Crippen molar-refractivity contribution in [2.75, 3.05) is 18.1 Å². The molecule has 0 saturated carbocycles. The lowest BCUT2D eigenvalue weighted by molar-refractivity contribution is -0.137. The zero-order chi connectivity index (χ0) is 25.2. The molecule has 4 rings (SSSR count). The van der Waals surface area contributed by atoms with Gasteiger partial charge in [-0.05, 0) is 84.3 Å². The molecule has 0 radical (unpaired) electrons. The van der Waals surface area contributed by atoms with Crippen molar-refractivity contribution in [3.05, 3.63) is 100 Å². The molecule has 0 fully saturated rings. The van der Waals surface area contributed by atoms with Gasteiger partial charge in [0.2, 0.25) is 0 Å². The first-order chi connectivity index (χ1) is 16.7. The highest BCUT2D eigenvalue weighted by atomic mass is 19.1. The number of esters is 1. The molecule has 0 aromatic heterocycles. The predicted octanol–water partition coefficient (Wildman–Crippen LogP) is 6.56. The lowest BCUT2D eigenvalue weighted by atomic mass is 9.76. The Morgan fingerprint density at radius 1 is 1.14 bits per heavy atom. The SMILES string of the molecule is CCOC(=O)/C=C/c1ccc(C2(C)c3ccc(O)cc3CCN2c2ccc(C(C)C)cc2F)cc1. The smallest absolute Gasteiger partial charge is 0.330 e. The molecule has 0 spiro atoms. The molecular weight excluding hydrogens is 441 g/mol. The van der Waals surface area contributed by atoms with Gasteiger partial charge in [0.15, 0.2) is 0 Å². The molecule has 35 heavy (non-hydrogen) atoms. The number of phenolic OH excluding ortho intramolecular Hbond substituents is 1. The molecule has 1 N–H and O–H groups in total. The van der Waals surface area contributed by atoms with Crippen LogP contribution in [-0.4, -0.2) is 24.2 Å².